The van der Waals surface area contributed by atoms with Crippen molar-refractivity contribution in [2.45, 2.75) is 4.90 Å². The quantitative estimate of drug-likeness (QED) is 0.204. The van der Waals surface area contributed by atoms with Crippen molar-refractivity contribution in [3.63, 3.8) is 0 Å². The third-order valence-electron chi connectivity index (χ3n) is 4.05. The SMILES string of the molecule is NC(=O)c1cc2ccccc2c(N=Nc2cc(C(=O)[O-])c(Cl)cc2S(=O)(=O)O)c1[O-].[Na+].[Na+]. The molecule has 0 heterocycles. The minimum atomic E-state index is -4.88. The van der Waals surface area contributed by atoms with Crippen LogP contribution in [0.15, 0.2) is 57.6 Å². The van der Waals surface area contributed by atoms with Gasteiger partial charge in [0.1, 0.15) is 10.6 Å². The second kappa shape index (κ2) is 11.1. The Kier molecular flexibility index (Phi) is 9.84. The third kappa shape index (κ3) is 5.87. The zero-order valence-electron chi connectivity index (χ0n) is 16.7. The first kappa shape index (κ1) is 28.5. The summed E-state index contributed by atoms with van der Waals surface area (Å²) in [7, 11) is -4.88. The van der Waals surface area contributed by atoms with Crippen LogP contribution in [0.25, 0.3) is 10.8 Å². The molecule has 32 heavy (non-hydrogen) atoms. The number of nitrogens with zero attached hydrogens (tertiary/aromatic N) is 2. The number of halogens is 1. The standard InChI is InChI=1S/C18H12ClN3O7S.2Na/c19-12-7-14(30(27,28)29)13(6-10(12)18(25)26)21-22-15-9-4-2-1-3-8(9)5-11(16(15)23)17(20)24;;/h1-7,23H,(H2,20,24)(H,25,26)(H,27,28,29);;/q;2*+1/p-2. The van der Waals surface area contributed by atoms with Crippen molar-refractivity contribution in [3.8, 4) is 5.75 Å². The van der Waals surface area contributed by atoms with Gasteiger partial charge < -0.3 is 20.7 Å². The Morgan fingerprint density at radius 2 is 1.66 bits per heavy atom. The maximum absolute atomic E-state index is 12.6. The number of aromatic carboxylic acids is 1. The molecule has 3 rings (SSSR count). The number of carboxylic acids is 1. The van der Waals surface area contributed by atoms with E-state index in [9.17, 15) is 32.8 Å². The van der Waals surface area contributed by atoms with E-state index < -0.39 is 48.9 Å². The number of hydrogen-bond donors (Lipinski definition) is 2. The van der Waals surface area contributed by atoms with E-state index in [1.54, 1.807) is 18.2 Å². The fourth-order valence-corrected chi connectivity index (χ4v) is 3.62. The average Bonchev–Trinajstić information content (AvgIpc) is 2.66. The fourth-order valence-electron chi connectivity index (χ4n) is 2.68. The molecule has 0 fully saturated rings. The van der Waals surface area contributed by atoms with Gasteiger partial charge in [-0.1, -0.05) is 41.6 Å². The molecule has 0 aliphatic carbocycles. The third-order valence-corrected chi connectivity index (χ3v) is 5.24. The number of nitrogens with two attached hydrogens (primary N) is 1. The Balaban J connectivity index is 0.00000256. The Bertz CT molecular complexity index is 1360. The van der Waals surface area contributed by atoms with E-state index in [2.05, 4.69) is 10.2 Å². The molecule has 0 atom stereocenters. The summed E-state index contributed by atoms with van der Waals surface area (Å²) in [6.45, 7) is 0. The van der Waals surface area contributed by atoms with Crippen LogP contribution in [0.5, 0.6) is 5.75 Å². The Morgan fingerprint density at radius 3 is 2.22 bits per heavy atom. The van der Waals surface area contributed by atoms with Gasteiger partial charge in [-0.2, -0.15) is 13.5 Å². The molecule has 0 unspecified atom stereocenters. The summed E-state index contributed by atoms with van der Waals surface area (Å²) in [6, 6.07) is 8.97. The molecule has 3 aromatic carbocycles. The largest absolute Gasteiger partial charge is 1.00 e. The first-order valence-corrected chi connectivity index (χ1v) is 9.79. The van der Waals surface area contributed by atoms with Crippen LogP contribution in [0.1, 0.15) is 20.7 Å². The molecular formula is C18H10ClN3Na2O7S. The monoisotopic (exact) mass is 493 g/mol. The van der Waals surface area contributed by atoms with Gasteiger partial charge in [0.2, 0.25) is 5.91 Å². The first-order valence-electron chi connectivity index (χ1n) is 7.97. The van der Waals surface area contributed by atoms with Crippen molar-refractivity contribution in [2.24, 2.45) is 16.0 Å². The van der Waals surface area contributed by atoms with Crippen LogP contribution in [0.3, 0.4) is 0 Å². The number of hydrogen-bond acceptors (Lipinski definition) is 8. The maximum Gasteiger partial charge on any atom is 1.00 e. The van der Waals surface area contributed by atoms with Crippen LogP contribution >= 0.6 is 11.6 Å². The van der Waals surface area contributed by atoms with Crippen molar-refractivity contribution < 1.29 is 91.9 Å². The van der Waals surface area contributed by atoms with Crippen LogP contribution in [0.4, 0.5) is 11.4 Å². The number of fused-ring (bicyclic) bond motifs is 1. The molecule has 14 heteroatoms. The summed E-state index contributed by atoms with van der Waals surface area (Å²) in [5.74, 6) is -3.61. The van der Waals surface area contributed by atoms with E-state index in [1.807, 2.05) is 0 Å². The number of benzene rings is 3. The zero-order chi connectivity index (χ0) is 22.2. The molecule has 0 saturated heterocycles. The fraction of sp³-hybridized carbons (Fsp3) is 0. The average molecular weight is 494 g/mol. The van der Waals surface area contributed by atoms with E-state index in [0.29, 0.717) is 11.5 Å². The van der Waals surface area contributed by atoms with Crippen LogP contribution in [-0.4, -0.2) is 24.8 Å². The molecule has 0 spiro atoms. The van der Waals surface area contributed by atoms with Crippen molar-refractivity contribution in [1.82, 2.24) is 0 Å². The molecule has 10 nitrogen and oxygen atoms in total. The first-order chi connectivity index (χ1) is 14.0. The molecule has 0 aliphatic heterocycles. The summed E-state index contributed by atoms with van der Waals surface area (Å²) in [4.78, 5) is 21.9. The van der Waals surface area contributed by atoms with Gasteiger partial charge in [0.15, 0.2) is 0 Å². The van der Waals surface area contributed by atoms with Crippen molar-refractivity contribution in [3.05, 3.63) is 58.6 Å². The molecule has 3 N–H and O–H groups in total. The Labute approximate surface area is 230 Å². The van der Waals surface area contributed by atoms with Gasteiger partial charge in [-0.3, -0.25) is 9.35 Å². The normalized spacial score (nSPS) is 11.1. The van der Waals surface area contributed by atoms with E-state index in [0.717, 1.165) is 6.07 Å². The number of primary amides is 1. The Hall–Kier alpha value is -1.54. The molecule has 1 amide bonds. The molecule has 0 saturated carbocycles. The molecule has 3 aromatic rings. The number of carbonyl (C=O) groups excluding carboxylic acids is 2. The summed E-state index contributed by atoms with van der Waals surface area (Å²) < 4.78 is 32.7. The van der Waals surface area contributed by atoms with Gasteiger partial charge in [-0.25, -0.2) is 0 Å². The predicted octanol–water partition coefficient (Wildman–Crippen LogP) is -4.30. The van der Waals surface area contributed by atoms with Crippen molar-refractivity contribution >= 4 is 55.7 Å². The number of carbonyl (C=O) groups is 2. The number of azo groups is 1. The minimum Gasteiger partial charge on any atom is -0.870 e. The van der Waals surface area contributed by atoms with Crippen molar-refractivity contribution in [2.75, 3.05) is 0 Å². The second-order valence-electron chi connectivity index (χ2n) is 5.95. The van der Waals surface area contributed by atoms with Crippen LogP contribution in [0, 0.1) is 0 Å². The van der Waals surface area contributed by atoms with Gasteiger partial charge in [0, 0.05) is 16.5 Å². The van der Waals surface area contributed by atoms with Gasteiger partial charge in [0.25, 0.3) is 10.1 Å². The van der Waals surface area contributed by atoms with Gasteiger partial charge in [-0.05, 0) is 23.6 Å². The van der Waals surface area contributed by atoms with Crippen molar-refractivity contribution in [1.29, 1.82) is 0 Å². The maximum atomic E-state index is 12.6. The number of amides is 1. The molecular weight excluding hydrogens is 484 g/mol. The molecule has 0 bridgehead atoms. The summed E-state index contributed by atoms with van der Waals surface area (Å²) in [5.41, 5.74) is 3.28. The van der Waals surface area contributed by atoms with E-state index in [1.165, 1.54) is 12.1 Å². The van der Waals surface area contributed by atoms with Crippen LogP contribution < -0.4 is 75.1 Å². The van der Waals surface area contributed by atoms with Gasteiger partial charge in [0.05, 0.1) is 16.7 Å². The van der Waals surface area contributed by atoms with E-state index in [-0.39, 0.29) is 75.8 Å². The summed E-state index contributed by atoms with van der Waals surface area (Å²) in [6.07, 6.45) is 0. The number of rotatable bonds is 5. The molecule has 154 valence electrons. The van der Waals surface area contributed by atoms with Gasteiger partial charge in [-0.15, -0.1) is 5.11 Å². The molecule has 0 aliphatic rings. The molecule has 0 aromatic heterocycles. The number of carboxylic acid groups (broad SMARTS) is 1. The van der Waals surface area contributed by atoms with Gasteiger partial charge >= 0.3 is 59.1 Å². The van der Waals surface area contributed by atoms with E-state index in [4.69, 9.17) is 17.3 Å². The topological polar surface area (TPSA) is 185 Å². The molecule has 0 radical (unpaired) electrons. The minimum absolute atomic E-state index is 0. The Morgan fingerprint density at radius 1 is 1.03 bits per heavy atom. The summed E-state index contributed by atoms with van der Waals surface area (Å²) >= 11 is 5.71. The predicted molar refractivity (Wildman–Crippen MR) is 102 cm³/mol. The van der Waals surface area contributed by atoms with E-state index >= 15 is 0 Å². The van der Waals surface area contributed by atoms with Crippen LogP contribution in [0.2, 0.25) is 5.02 Å². The summed E-state index contributed by atoms with van der Waals surface area (Å²) in [5, 5.41) is 31.3. The second-order valence-corrected chi connectivity index (χ2v) is 7.75. The van der Waals surface area contributed by atoms with Crippen LogP contribution in [-0.2, 0) is 10.1 Å². The smallest absolute Gasteiger partial charge is 0.870 e. The zero-order valence-corrected chi connectivity index (χ0v) is 22.3.